The molecule has 0 N–H and O–H groups in total. The molecule has 0 aliphatic rings. The molecular weight excluding hydrogens is 248 g/mol. The van der Waals surface area contributed by atoms with Crippen molar-refractivity contribution < 1.29 is 9.47 Å². The van der Waals surface area contributed by atoms with E-state index in [0.29, 0.717) is 18.4 Å². The van der Waals surface area contributed by atoms with Gasteiger partial charge in [0.2, 0.25) is 0 Å². The SMILES string of the molecule is CCOc1cc(CCl)ccc1OCC(CC)CC. The summed E-state index contributed by atoms with van der Waals surface area (Å²) in [4.78, 5) is 0. The minimum Gasteiger partial charge on any atom is -0.490 e. The highest BCUT2D eigenvalue weighted by Gasteiger charge is 2.09. The van der Waals surface area contributed by atoms with Crippen LogP contribution in [0.3, 0.4) is 0 Å². The molecule has 0 fully saturated rings. The molecule has 0 radical (unpaired) electrons. The van der Waals surface area contributed by atoms with E-state index in [1.165, 1.54) is 0 Å². The minimum atomic E-state index is 0.493. The summed E-state index contributed by atoms with van der Waals surface area (Å²) in [6, 6.07) is 5.89. The molecule has 1 rings (SSSR count). The van der Waals surface area contributed by atoms with Gasteiger partial charge in [-0.25, -0.2) is 0 Å². The number of benzene rings is 1. The number of hydrogen-bond acceptors (Lipinski definition) is 2. The quantitative estimate of drug-likeness (QED) is 0.641. The van der Waals surface area contributed by atoms with E-state index in [9.17, 15) is 0 Å². The van der Waals surface area contributed by atoms with E-state index < -0.39 is 0 Å². The van der Waals surface area contributed by atoms with Gasteiger partial charge in [-0.05, 0) is 30.5 Å². The highest BCUT2D eigenvalue weighted by Crippen LogP contribution is 2.29. The van der Waals surface area contributed by atoms with Crippen molar-refractivity contribution in [2.45, 2.75) is 39.5 Å². The molecule has 0 bridgehead atoms. The van der Waals surface area contributed by atoms with Crippen LogP contribution in [0.5, 0.6) is 11.5 Å². The third-order valence-corrected chi connectivity index (χ3v) is 3.40. The topological polar surface area (TPSA) is 18.5 Å². The number of halogens is 1. The lowest BCUT2D eigenvalue weighted by Gasteiger charge is -2.16. The van der Waals surface area contributed by atoms with E-state index >= 15 is 0 Å². The smallest absolute Gasteiger partial charge is 0.161 e. The second-order valence-electron chi connectivity index (χ2n) is 4.34. The number of hydrogen-bond donors (Lipinski definition) is 0. The normalized spacial score (nSPS) is 10.7. The third-order valence-electron chi connectivity index (χ3n) is 3.09. The van der Waals surface area contributed by atoms with Gasteiger partial charge >= 0.3 is 0 Å². The molecular formula is C15H23ClO2. The first-order valence-electron chi connectivity index (χ1n) is 6.69. The van der Waals surface area contributed by atoms with E-state index in [1.54, 1.807) is 0 Å². The summed E-state index contributed by atoms with van der Waals surface area (Å²) >= 11 is 5.83. The van der Waals surface area contributed by atoms with Crippen LogP contribution in [0.25, 0.3) is 0 Å². The van der Waals surface area contributed by atoms with Crippen molar-refractivity contribution in [1.82, 2.24) is 0 Å². The Morgan fingerprint density at radius 3 is 2.33 bits per heavy atom. The van der Waals surface area contributed by atoms with Gasteiger partial charge in [-0.1, -0.05) is 32.8 Å². The molecule has 0 amide bonds. The first-order valence-corrected chi connectivity index (χ1v) is 7.23. The number of alkyl halides is 1. The standard InChI is InChI=1S/C15H23ClO2/c1-4-12(5-2)11-18-14-8-7-13(10-16)9-15(14)17-6-3/h7-9,12H,4-6,10-11H2,1-3H3. The molecule has 1 aromatic rings. The second-order valence-corrected chi connectivity index (χ2v) is 4.61. The van der Waals surface area contributed by atoms with Gasteiger partial charge < -0.3 is 9.47 Å². The van der Waals surface area contributed by atoms with E-state index in [4.69, 9.17) is 21.1 Å². The third kappa shape index (κ3) is 4.41. The summed E-state index contributed by atoms with van der Waals surface area (Å²) in [6.07, 6.45) is 2.28. The molecule has 0 heterocycles. The summed E-state index contributed by atoms with van der Waals surface area (Å²) < 4.78 is 11.5. The molecule has 2 nitrogen and oxygen atoms in total. The monoisotopic (exact) mass is 270 g/mol. The summed E-state index contributed by atoms with van der Waals surface area (Å²) in [6.45, 7) is 7.73. The van der Waals surface area contributed by atoms with Crippen molar-refractivity contribution in [3.8, 4) is 11.5 Å². The van der Waals surface area contributed by atoms with Crippen LogP contribution in [-0.2, 0) is 5.88 Å². The molecule has 0 unspecified atom stereocenters. The average Bonchev–Trinajstić information content (AvgIpc) is 2.41. The molecule has 0 aromatic heterocycles. The molecule has 0 atom stereocenters. The summed E-state index contributed by atoms with van der Waals surface area (Å²) in [5, 5.41) is 0. The van der Waals surface area contributed by atoms with Crippen molar-refractivity contribution in [3.63, 3.8) is 0 Å². The van der Waals surface area contributed by atoms with Crippen LogP contribution in [0.4, 0.5) is 0 Å². The van der Waals surface area contributed by atoms with E-state index in [0.717, 1.165) is 36.5 Å². The number of ether oxygens (including phenoxy) is 2. The highest BCUT2D eigenvalue weighted by atomic mass is 35.5. The van der Waals surface area contributed by atoms with Crippen LogP contribution in [0.15, 0.2) is 18.2 Å². The van der Waals surface area contributed by atoms with Crippen molar-refractivity contribution in [1.29, 1.82) is 0 Å². The van der Waals surface area contributed by atoms with E-state index in [-0.39, 0.29) is 0 Å². The maximum Gasteiger partial charge on any atom is 0.161 e. The van der Waals surface area contributed by atoms with Crippen molar-refractivity contribution in [3.05, 3.63) is 23.8 Å². The van der Waals surface area contributed by atoms with Gasteiger partial charge in [0.05, 0.1) is 13.2 Å². The van der Waals surface area contributed by atoms with Crippen molar-refractivity contribution >= 4 is 11.6 Å². The van der Waals surface area contributed by atoms with E-state index in [1.807, 2.05) is 25.1 Å². The van der Waals surface area contributed by atoms with Gasteiger partial charge in [-0.15, -0.1) is 11.6 Å². The van der Waals surface area contributed by atoms with Gasteiger partial charge in [0, 0.05) is 5.88 Å². The lowest BCUT2D eigenvalue weighted by Crippen LogP contribution is -2.11. The van der Waals surface area contributed by atoms with Gasteiger partial charge in [0.15, 0.2) is 11.5 Å². The van der Waals surface area contributed by atoms with Crippen LogP contribution in [0.1, 0.15) is 39.2 Å². The van der Waals surface area contributed by atoms with Crippen molar-refractivity contribution in [2.75, 3.05) is 13.2 Å². The van der Waals surface area contributed by atoms with Gasteiger partial charge in [0.1, 0.15) is 0 Å². The van der Waals surface area contributed by atoms with E-state index in [2.05, 4.69) is 13.8 Å². The zero-order valence-electron chi connectivity index (χ0n) is 11.5. The Balaban J connectivity index is 2.74. The predicted octanol–water partition coefficient (Wildman–Crippen LogP) is 4.64. The Hall–Kier alpha value is -0.890. The highest BCUT2D eigenvalue weighted by molar-refractivity contribution is 6.17. The Labute approximate surface area is 115 Å². The molecule has 0 aliphatic carbocycles. The molecule has 1 aromatic carbocycles. The fourth-order valence-corrected chi connectivity index (χ4v) is 1.92. The molecule has 0 saturated heterocycles. The molecule has 0 saturated carbocycles. The zero-order valence-corrected chi connectivity index (χ0v) is 12.3. The first kappa shape index (κ1) is 15.2. The zero-order chi connectivity index (χ0) is 13.4. The summed E-state index contributed by atoms with van der Waals surface area (Å²) in [7, 11) is 0. The number of rotatable bonds is 8. The first-order chi connectivity index (χ1) is 8.74. The second kappa shape index (κ2) is 8.25. The summed E-state index contributed by atoms with van der Waals surface area (Å²) in [5.41, 5.74) is 1.05. The maximum absolute atomic E-state index is 5.87. The maximum atomic E-state index is 5.87. The van der Waals surface area contributed by atoms with Crippen LogP contribution >= 0.6 is 11.6 Å². The Bertz CT molecular complexity index is 348. The van der Waals surface area contributed by atoms with Gasteiger partial charge in [-0.3, -0.25) is 0 Å². The molecule has 0 spiro atoms. The van der Waals surface area contributed by atoms with Crippen LogP contribution in [0, 0.1) is 5.92 Å². The molecule has 3 heteroatoms. The van der Waals surface area contributed by atoms with Gasteiger partial charge in [0.25, 0.3) is 0 Å². The predicted molar refractivity (Wildman–Crippen MR) is 76.7 cm³/mol. The lowest BCUT2D eigenvalue weighted by atomic mass is 10.1. The van der Waals surface area contributed by atoms with Crippen LogP contribution < -0.4 is 9.47 Å². The van der Waals surface area contributed by atoms with Gasteiger partial charge in [-0.2, -0.15) is 0 Å². The van der Waals surface area contributed by atoms with Crippen LogP contribution in [-0.4, -0.2) is 13.2 Å². The molecule has 18 heavy (non-hydrogen) atoms. The molecule has 102 valence electrons. The fraction of sp³-hybridized carbons (Fsp3) is 0.600. The molecule has 0 aliphatic heterocycles. The van der Waals surface area contributed by atoms with Crippen LogP contribution in [0.2, 0.25) is 0 Å². The fourth-order valence-electron chi connectivity index (χ4n) is 1.76. The summed E-state index contributed by atoms with van der Waals surface area (Å²) in [5.74, 6) is 2.71. The Morgan fingerprint density at radius 2 is 1.78 bits per heavy atom. The lowest BCUT2D eigenvalue weighted by molar-refractivity contribution is 0.225. The Morgan fingerprint density at radius 1 is 1.06 bits per heavy atom. The van der Waals surface area contributed by atoms with Crippen molar-refractivity contribution in [2.24, 2.45) is 5.92 Å². The Kier molecular flexibility index (Phi) is 6.96. The minimum absolute atomic E-state index is 0.493. The average molecular weight is 271 g/mol. The largest absolute Gasteiger partial charge is 0.490 e.